The molecule has 5 nitrogen and oxygen atoms in total. The molecule has 0 radical (unpaired) electrons. The average molecular weight is 305 g/mol. The fourth-order valence-electron chi connectivity index (χ4n) is 2.72. The number of nitrogens with zero attached hydrogens (tertiary/aromatic N) is 3. The lowest BCUT2D eigenvalue weighted by molar-refractivity contribution is 0.0130. The maximum Gasteiger partial charge on any atom is 0.410 e. The van der Waals surface area contributed by atoms with Crippen molar-refractivity contribution in [2.45, 2.75) is 51.8 Å². The molecule has 1 aliphatic heterocycles. The number of aromatic nitrogens is 1. The highest BCUT2D eigenvalue weighted by molar-refractivity contribution is 5.68. The molecule has 0 unspecified atom stereocenters. The predicted molar refractivity (Wildman–Crippen MR) is 86.5 cm³/mol. The van der Waals surface area contributed by atoms with Gasteiger partial charge in [0, 0.05) is 38.6 Å². The lowest BCUT2D eigenvalue weighted by Crippen LogP contribution is -2.49. The third-order valence-corrected chi connectivity index (χ3v) is 3.87. The van der Waals surface area contributed by atoms with E-state index < -0.39 is 5.60 Å². The fourth-order valence-corrected chi connectivity index (χ4v) is 2.72. The normalized spacial score (nSPS) is 19.7. The van der Waals surface area contributed by atoms with E-state index in [1.54, 1.807) is 4.90 Å². The zero-order valence-corrected chi connectivity index (χ0v) is 14.1. The molecule has 0 spiro atoms. The molecule has 0 bridgehead atoms. The van der Waals surface area contributed by atoms with E-state index in [2.05, 4.69) is 9.88 Å². The Hall–Kier alpha value is -1.62. The molecule has 1 atom stereocenters. The van der Waals surface area contributed by atoms with Crippen molar-refractivity contribution in [3.63, 3.8) is 0 Å². The van der Waals surface area contributed by atoms with Crippen LogP contribution in [0.3, 0.4) is 0 Å². The summed E-state index contributed by atoms with van der Waals surface area (Å²) in [6.45, 7) is 8.56. The average Bonchev–Trinajstić information content (AvgIpc) is 2.46. The van der Waals surface area contributed by atoms with Gasteiger partial charge in [-0.3, -0.25) is 9.88 Å². The first-order valence-corrected chi connectivity index (χ1v) is 7.92. The molecule has 122 valence electrons. The Kier molecular flexibility index (Phi) is 5.40. The van der Waals surface area contributed by atoms with Gasteiger partial charge in [-0.1, -0.05) is 0 Å². The zero-order valence-electron chi connectivity index (χ0n) is 14.1. The number of carbonyl (C=O) groups is 1. The number of amides is 1. The van der Waals surface area contributed by atoms with E-state index in [1.165, 1.54) is 5.56 Å². The van der Waals surface area contributed by atoms with Gasteiger partial charge >= 0.3 is 6.09 Å². The van der Waals surface area contributed by atoms with Gasteiger partial charge in [-0.05, 0) is 57.9 Å². The van der Waals surface area contributed by atoms with Crippen molar-refractivity contribution in [2.75, 3.05) is 20.1 Å². The number of rotatable bonds is 3. The van der Waals surface area contributed by atoms with Crippen LogP contribution in [0.15, 0.2) is 24.5 Å². The Morgan fingerprint density at radius 1 is 1.41 bits per heavy atom. The Morgan fingerprint density at radius 2 is 2.09 bits per heavy atom. The number of pyridine rings is 1. The highest BCUT2D eigenvalue weighted by Gasteiger charge is 2.29. The summed E-state index contributed by atoms with van der Waals surface area (Å²) >= 11 is 0. The molecule has 1 saturated heterocycles. The zero-order chi connectivity index (χ0) is 16.2. The second-order valence-electron chi connectivity index (χ2n) is 6.98. The molecule has 1 aromatic rings. The molecular weight excluding hydrogens is 278 g/mol. The summed E-state index contributed by atoms with van der Waals surface area (Å²) in [5, 5.41) is 0. The molecule has 1 amide bonds. The summed E-state index contributed by atoms with van der Waals surface area (Å²) in [6, 6.07) is 4.30. The molecule has 1 fully saturated rings. The second kappa shape index (κ2) is 7.09. The minimum atomic E-state index is -0.448. The van der Waals surface area contributed by atoms with Crippen molar-refractivity contribution in [1.29, 1.82) is 0 Å². The Bertz CT molecular complexity index is 484. The van der Waals surface area contributed by atoms with Crippen LogP contribution in [-0.4, -0.2) is 52.7 Å². The first-order valence-electron chi connectivity index (χ1n) is 7.92. The maximum absolute atomic E-state index is 12.2. The summed E-state index contributed by atoms with van der Waals surface area (Å²) in [7, 11) is 1.84. The van der Waals surface area contributed by atoms with Crippen LogP contribution in [0.1, 0.15) is 39.2 Å². The van der Waals surface area contributed by atoms with Gasteiger partial charge in [0.15, 0.2) is 0 Å². The first-order chi connectivity index (χ1) is 10.3. The van der Waals surface area contributed by atoms with Gasteiger partial charge in [-0.15, -0.1) is 0 Å². The van der Waals surface area contributed by atoms with E-state index >= 15 is 0 Å². The Balaban J connectivity index is 1.91. The molecule has 0 aliphatic carbocycles. The van der Waals surface area contributed by atoms with Crippen LogP contribution in [0, 0.1) is 0 Å². The number of ether oxygens (including phenoxy) is 1. The van der Waals surface area contributed by atoms with Crippen LogP contribution >= 0.6 is 0 Å². The van der Waals surface area contributed by atoms with Crippen molar-refractivity contribution < 1.29 is 9.53 Å². The number of likely N-dealkylation sites (N-methyl/N-ethyl adjacent to an activating group) is 1. The largest absolute Gasteiger partial charge is 0.444 e. The van der Waals surface area contributed by atoms with Crippen LogP contribution in [0.25, 0.3) is 0 Å². The van der Waals surface area contributed by atoms with Crippen LogP contribution < -0.4 is 0 Å². The van der Waals surface area contributed by atoms with Crippen LogP contribution in [0.4, 0.5) is 4.79 Å². The number of carbonyl (C=O) groups excluding carboxylic acids is 1. The van der Waals surface area contributed by atoms with Gasteiger partial charge < -0.3 is 9.64 Å². The standard InChI is InChI=1S/C17H27N3O2/c1-17(2,3)22-16(21)19(4)15-6-5-11-20(13-15)12-14-7-9-18-10-8-14/h7-10,15H,5-6,11-13H2,1-4H3/t15-/m0/s1. The minimum absolute atomic E-state index is 0.213. The lowest BCUT2D eigenvalue weighted by Gasteiger charge is -2.38. The van der Waals surface area contributed by atoms with E-state index in [0.717, 1.165) is 32.5 Å². The Labute approximate surface area is 133 Å². The minimum Gasteiger partial charge on any atom is -0.444 e. The fraction of sp³-hybridized carbons (Fsp3) is 0.647. The summed E-state index contributed by atoms with van der Waals surface area (Å²) < 4.78 is 5.47. The lowest BCUT2D eigenvalue weighted by atomic mass is 10.0. The van der Waals surface area contributed by atoms with Crippen LogP contribution in [-0.2, 0) is 11.3 Å². The van der Waals surface area contributed by atoms with Gasteiger partial charge in [0.2, 0.25) is 0 Å². The quantitative estimate of drug-likeness (QED) is 0.861. The van der Waals surface area contributed by atoms with Crippen molar-refractivity contribution >= 4 is 6.09 Å². The van der Waals surface area contributed by atoms with Crippen molar-refractivity contribution in [1.82, 2.24) is 14.8 Å². The monoisotopic (exact) mass is 305 g/mol. The summed E-state index contributed by atoms with van der Waals surface area (Å²) in [5.74, 6) is 0. The van der Waals surface area contributed by atoms with E-state index in [-0.39, 0.29) is 12.1 Å². The molecule has 2 heterocycles. The van der Waals surface area contributed by atoms with Crippen LogP contribution in [0.5, 0.6) is 0 Å². The number of hydrogen-bond donors (Lipinski definition) is 0. The molecular formula is C17H27N3O2. The van der Waals surface area contributed by atoms with Crippen LogP contribution in [0.2, 0.25) is 0 Å². The van der Waals surface area contributed by atoms with E-state index in [1.807, 2.05) is 52.3 Å². The van der Waals surface area contributed by atoms with Crippen molar-refractivity contribution in [3.8, 4) is 0 Å². The smallest absolute Gasteiger partial charge is 0.410 e. The SMILES string of the molecule is CN(C(=O)OC(C)(C)C)[C@H]1CCCN(Cc2ccncc2)C1. The Morgan fingerprint density at radius 3 is 2.73 bits per heavy atom. The molecule has 22 heavy (non-hydrogen) atoms. The van der Waals surface area contributed by atoms with Gasteiger partial charge in [0.05, 0.1) is 0 Å². The number of hydrogen-bond acceptors (Lipinski definition) is 4. The third kappa shape index (κ3) is 4.98. The molecule has 0 N–H and O–H groups in total. The summed E-state index contributed by atoms with van der Waals surface area (Å²) in [4.78, 5) is 20.4. The van der Waals surface area contributed by atoms with Crippen molar-refractivity contribution in [2.24, 2.45) is 0 Å². The van der Waals surface area contributed by atoms with Crippen molar-refractivity contribution in [3.05, 3.63) is 30.1 Å². The summed E-state index contributed by atoms with van der Waals surface area (Å²) in [5.41, 5.74) is 0.812. The molecule has 2 rings (SSSR count). The number of likely N-dealkylation sites (tertiary alicyclic amines) is 1. The third-order valence-electron chi connectivity index (χ3n) is 3.87. The van der Waals surface area contributed by atoms with E-state index in [9.17, 15) is 4.79 Å². The predicted octanol–water partition coefficient (Wildman–Crippen LogP) is 2.91. The molecule has 5 heteroatoms. The van der Waals surface area contributed by atoms with Gasteiger partial charge in [0.1, 0.15) is 5.60 Å². The number of piperidine rings is 1. The van der Waals surface area contributed by atoms with Gasteiger partial charge in [-0.2, -0.15) is 0 Å². The highest BCUT2D eigenvalue weighted by atomic mass is 16.6. The molecule has 0 saturated carbocycles. The maximum atomic E-state index is 12.2. The topological polar surface area (TPSA) is 45.7 Å². The van der Waals surface area contributed by atoms with E-state index in [4.69, 9.17) is 4.74 Å². The second-order valence-corrected chi connectivity index (χ2v) is 6.98. The first kappa shape index (κ1) is 16.7. The molecule has 1 aliphatic rings. The molecule has 0 aromatic carbocycles. The molecule has 1 aromatic heterocycles. The van der Waals surface area contributed by atoms with E-state index in [0.29, 0.717) is 0 Å². The summed E-state index contributed by atoms with van der Waals surface area (Å²) in [6.07, 6.45) is 5.54. The van der Waals surface area contributed by atoms with Gasteiger partial charge in [0.25, 0.3) is 0 Å². The highest BCUT2D eigenvalue weighted by Crippen LogP contribution is 2.19. The van der Waals surface area contributed by atoms with Gasteiger partial charge in [-0.25, -0.2) is 4.79 Å².